The maximum atomic E-state index is 12.4. The van der Waals surface area contributed by atoms with Crippen LogP contribution in [0.1, 0.15) is 6.42 Å². The molecule has 2 aliphatic heterocycles. The number of amides is 2. The molecule has 0 saturated carbocycles. The van der Waals surface area contributed by atoms with Gasteiger partial charge in [0.2, 0.25) is 11.8 Å². The number of rotatable bonds is 4. The predicted molar refractivity (Wildman–Crippen MR) is 78.5 cm³/mol. The third-order valence-electron chi connectivity index (χ3n) is 3.77. The number of hydrogen-bond donors (Lipinski definition) is 2. The zero-order valence-electron chi connectivity index (χ0n) is 12.3. The lowest BCUT2D eigenvalue weighted by molar-refractivity contribution is -0.140. The highest BCUT2D eigenvalue weighted by Crippen LogP contribution is 2.35. The second kappa shape index (κ2) is 6.15. The molecular formula is C15H16N2O6. The molecule has 2 aliphatic rings. The quantitative estimate of drug-likeness (QED) is 0.757. The second-order valence-corrected chi connectivity index (χ2v) is 5.27. The number of hydrogen-bond acceptors (Lipinski definition) is 5. The second-order valence-electron chi connectivity index (χ2n) is 5.27. The summed E-state index contributed by atoms with van der Waals surface area (Å²) < 4.78 is 10.9. The lowest BCUT2D eigenvalue weighted by Crippen LogP contribution is -2.39. The normalized spacial score (nSPS) is 19.6. The van der Waals surface area contributed by atoms with Gasteiger partial charge in [-0.25, -0.2) is 0 Å². The Morgan fingerprint density at radius 1 is 1.26 bits per heavy atom. The minimum Gasteiger partial charge on any atom is -0.486 e. The molecule has 1 atom stereocenters. The molecule has 2 heterocycles. The fourth-order valence-electron chi connectivity index (χ4n) is 2.67. The molecule has 2 amide bonds. The molecule has 1 unspecified atom stereocenters. The van der Waals surface area contributed by atoms with Gasteiger partial charge in [0.15, 0.2) is 11.5 Å². The molecule has 1 saturated heterocycles. The highest BCUT2D eigenvalue weighted by Gasteiger charge is 2.38. The van der Waals surface area contributed by atoms with Crippen molar-refractivity contribution < 1.29 is 29.0 Å². The van der Waals surface area contributed by atoms with Gasteiger partial charge >= 0.3 is 5.97 Å². The van der Waals surface area contributed by atoms with Gasteiger partial charge in [0.05, 0.1) is 0 Å². The van der Waals surface area contributed by atoms with Crippen LogP contribution in [-0.4, -0.2) is 49.2 Å². The van der Waals surface area contributed by atoms with Crippen LogP contribution in [0.25, 0.3) is 0 Å². The van der Waals surface area contributed by atoms with Crippen molar-refractivity contribution in [3.63, 3.8) is 0 Å². The molecular weight excluding hydrogens is 304 g/mol. The average molecular weight is 320 g/mol. The standard InChI is InChI=1S/C15H16N2O6/c18-13(19)8-16-14(20)10-3-4-17(15(10)21)9-1-2-11-12(7-9)23-6-5-22-11/h1-2,7,10H,3-6,8H2,(H,16,20)(H,18,19). The summed E-state index contributed by atoms with van der Waals surface area (Å²) in [4.78, 5) is 36.3. The van der Waals surface area contributed by atoms with Crippen LogP contribution in [0.5, 0.6) is 11.5 Å². The number of aliphatic carboxylic acids is 1. The van der Waals surface area contributed by atoms with E-state index in [0.29, 0.717) is 43.4 Å². The van der Waals surface area contributed by atoms with Gasteiger partial charge < -0.3 is 24.8 Å². The van der Waals surface area contributed by atoms with Crippen LogP contribution in [0.3, 0.4) is 0 Å². The number of nitrogens with one attached hydrogen (secondary N) is 1. The van der Waals surface area contributed by atoms with Crippen molar-refractivity contribution in [3.05, 3.63) is 18.2 Å². The first-order valence-electron chi connectivity index (χ1n) is 7.27. The minimum atomic E-state index is -1.15. The van der Waals surface area contributed by atoms with Crippen LogP contribution in [0.4, 0.5) is 5.69 Å². The topological polar surface area (TPSA) is 105 Å². The molecule has 23 heavy (non-hydrogen) atoms. The van der Waals surface area contributed by atoms with Crippen LogP contribution in [-0.2, 0) is 14.4 Å². The van der Waals surface area contributed by atoms with Crippen molar-refractivity contribution in [2.75, 3.05) is 31.2 Å². The summed E-state index contributed by atoms with van der Waals surface area (Å²) in [5, 5.41) is 10.8. The number of carboxylic acids is 1. The average Bonchev–Trinajstić information content (AvgIpc) is 2.93. The van der Waals surface area contributed by atoms with E-state index in [0.717, 1.165) is 0 Å². The van der Waals surface area contributed by atoms with Crippen molar-refractivity contribution in [2.45, 2.75) is 6.42 Å². The summed E-state index contributed by atoms with van der Waals surface area (Å²) in [6.07, 6.45) is 0.346. The van der Waals surface area contributed by atoms with Gasteiger partial charge in [-0.15, -0.1) is 0 Å². The van der Waals surface area contributed by atoms with E-state index in [1.54, 1.807) is 18.2 Å². The summed E-state index contributed by atoms with van der Waals surface area (Å²) in [7, 11) is 0. The van der Waals surface area contributed by atoms with Gasteiger partial charge in [-0.1, -0.05) is 0 Å². The first kappa shape index (κ1) is 15.1. The third kappa shape index (κ3) is 3.05. The number of nitrogens with zero attached hydrogens (tertiary/aromatic N) is 1. The van der Waals surface area contributed by atoms with Crippen molar-refractivity contribution in [2.24, 2.45) is 5.92 Å². The Bertz CT molecular complexity index is 659. The number of carbonyl (C=O) groups excluding carboxylic acids is 2. The fourth-order valence-corrected chi connectivity index (χ4v) is 2.67. The molecule has 0 aliphatic carbocycles. The van der Waals surface area contributed by atoms with Crippen molar-refractivity contribution in [3.8, 4) is 11.5 Å². The van der Waals surface area contributed by atoms with E-state index < -0.39 is 24.3 Å². The summed E-state index contributed by atoms with van der Waals surface area (Å²) in [6.45, 7) is 0.835. The van der Waals surface area contributed by atoms with Gasteiger partial charge in [-0.05, 0) is 18.6 Å². The molecule has 0 aromatic heterocycles. The Kier molecular flexibility index (Phi) is 4.05. The van der Waals surface area contributed by atoms with Crippen molar-refractivity contribution in [1.29, 1.82) is 0 Å². The van der Waals surface area contributed by atoms with Gasteiger partial charge in [-0.3, -0.25) is 14.4 Å². The van der Waals surface area contributed by atoms with Crippen LogP contribution in [0.15, 0.2) is 18.2 Å². The monoisotopic (exact) mass is 320 g/mol. The van der Waals surface area contributed by atoms with Gasteiger partial charge in [-0.2, -0.15) is 0 Å². The molecule has 0 bridgehead atoms. The Hall–Kier alpha value is -2.77. The Morgan fingerprint density at radius 3 is 2.74 bits per heavy atom. The predicted octanol–water partition coefficient (Wildman–Crippen LogP) is 0.0115. The van der Waals surface area contributed by atoms with Crippen LogP contribution in [0.2, 0.25) is 0 Å². The van der Waals surface area contributed by atoms with E-state index >= 15 is 0 Å². The molecule has 0 spiro atoms. The SMILES string of the molecule is O=C(O)CNC(=O)C1CCN(c2ccc3c(c2)OCCO3)C1=O. The summed E-state index contributed by atoms with van der Waals surface area (Å²) in [5.41, 5.74) is 0.632. The highest BCUT2D eigenvalue weighted by atomic mass is 16.6. The lowest BCUT2D eigenvalue weighted by Gasteiger charge is -2.22. The molecule has 2 N–H and O–H groups in total. The molecule has 1 fully saturated rings. The van der Waals surface area contributed by atoms with E-state index in [1.165, 1.54) is 4.90 Å². The third-order valence-corrected chi connectivity index (χ3v) is 3.77. The molecule has 8 nitrogen and oxygen atoms in total. The number of ether oxygens (including phenoxy) is 2. The van der Waals surface area contributed by atoms with Gasteiger partial charge in [0.1, 0.15) is 25.7 Å². The number of benzene rings is 1. The lowest BCUT2D eigenvalue weighted by atomic mass is 10.1. The molecule has 1 aromatic carbocycles. The maximum Gasteiger partial charge on any atom is 0.322 e. The summed E-state index contributed by atoms with van der Waals surface area (Å²) >= 11 is 0. The van der Waals surface area contributed by atoms with Crippen LogP contribution >= 0.6 is 0 Å². The van der Waals surface area contributed by atoms with E-state index in [-0.39, 0.29) is 5.91 Å². The van der Waals surface area contributed by atoms with Gasteiger partial charge in [0.25, 0.3) is 0 Å². The van der Waals surface area contributed by atoms with Crippen molar-refractivity contribution in [1.82, 2.24) is 5.32 Å². The fraction of sp³-hybridized carbons (Fsp3) is 0.400. The molecule has 122 valence electrons. The maximum absolute atomic E-state index is 12.4. The summed E-state index contributed by atoms with van der Waals surface area (Å²) in [5.74, 6) is -1.71. The molecule has 3 rings (SSSR count). The van der Waals surface area contributed by atoms with Crippen molar-refractivity contribution >= 4 is 23.5 Å². The Balaban J connectivity index is 1.71. The molecule has 8 heteroatoms. The zero-order valence-corrected chi connectivity index (χ0v) is 12.3. The van der Waals surface area contributed by atoms with Crippen LogP contribution in [0, 0.1) is 5.92 Å². The van der Waals surface area contributed by atoms with E-state index in [4.69, 9.17) is 14.6 Å². The van der Waals surface area contributed by atoms with E-state index in [1.807, 2.05) is 0 Å². The Morgan fingerprint density at radius 2 is 2.00 bits per heavy atom. The number of carbonyl (C=O) groups is 3. The first-order valence-corrected chi connectivity index (χ1v) is 7.27. The summed E-state index contributed by atoms with van der Waals surface area (Å²) in [6, 6.07) is 5.18. The molecule has 1 aromatic rings. The van der Waals surface area contributed by atoms with E-state index in [2.05, 4.69) is 5.32 Å². The van der Waals surface area contributed by atoms with E-state index in [9.17, 15) is 14.4 Å². The number of fused-ring (bicyclic) bond motifs is 1. The highest BCUT2D eigenvalue weighted by molar-refractivity contribution is 6.10. The number of carboxylic acid groups (broad SMARTS) is 1. The Labute approximate surface area is 132 Å². The van der Waals surface area contributed by atoms with Gasteiger partial charge in [0, 0.05) is 18.3 Å². The smallest absolute Gasteiger partial charge is 0.322 e. The first-order chi connectivity index (χ1) is 11.1. The molecule has 0 radical (unpaired) electrons. The minimum absolute atomic E-state index is 0.343. The van der Waals surface area contributed by atoms with Crippen LogP contribution < -0.4 is 19.7 Å². The largest absolute Gasteiger partial charge is 0.486 e. The number of anilines is 1. The zero-order chi connectivity index (χ0) is 16.4.